The Labute approximate surface area is 178 Å². The first-order valence-corrected chi connectivity index (χ1v) is 9.94. The van der Waals surface area contributed by atoms with Crippen LogP contribution in [0.5, 0.6) is 11.5 Å². The molecule has 0 spiro atoms. The van der Waals surface area contributed by atoms with Crippen molar-refractivity contribution in [2.75, 3.05) is 13.7 Å². The summed E-state index contributed by atoms with van der Waals surface area (Å²) in [4.78, 5) is 24.0. The first-order chi connectivity index (χ1) is 14.7. The first-order valence-electron chi connectivity index (χ1n) is 9.12. The number of esters is 1. The fourth-order valence-corrected chi connectivity index (χ4v) is 4.68. The molecule has 0 radical (unpaired) electrons. The lowest BCUT2D eigenvalue weighted by Crippen LogP contribution is -2.16. The number of hydrogen-bond donors (Lipinski definition) is 1. The number of carbonyl (C=O) groups is 2. The van der Waals surface area contributed by atoms with Crippen LogP contribution in [0.4, 0.5) is 13.2 Å². The summed E-state index contributed by atoms with van der Waals surface area (Å²) in [5.41, 5.74) is 7.29. The van der Waals surface area contributed by atoms with Crippen molar-refractivity contribution >= 4 is 33.3 Å². The third-order valence-corrected chi connectivity index (χ3v) is 6.12. The van der Waals surface area contributed by atoms with Gasteiger partial charge in [0.2, 0.25) is 0 Å². The van der Waals surface area contributed by atoms with Gasteiger partial charge in [0.25, 0.3) is 5.91 Å². The second kappa shape index (κ2) is 7.77. The Bertz CT molecular complexity index is 1190. The summed E-state index contributed by atoms with van der Waals surface area (Å²) in [6.07, 6.45) is -4.73. The molecule has 10 heteroatoms. The number of ether oxygens (including phenoxy) is 3. The quantitative estimate of drug-likeness (QED) is 0.573. The highest BCUT2D eigenvalue weighted by molar-refractivity contribution is 7.21. The van der Waals surface area contributed by atoms with Crippen molar-refractivity contribution in [3.63, 3.8) is 0 Å². The Hall–Kier alpha value is -3.27. The SMILES string of the molecule is COC(=O)CC1COc2ccc(-c3c(C(N)=O)sc4ccc(OC(F)(F)F)cc34)cc21. The van der Waals surface area contributed by atoms with Gasteiger partial charge in [0.15, 0.2) is 0 Å². The normalized spacial score (nSPS) is 15.4. The molecule has 162 valence electrons. The summed E-state index contributed by atoms with van der Waals surface area (Å²) in [6, 6.07) is 9.03. The third-order valence-electron chi connectivity index (χ3n) is 4.94. The van der Waals surface area contributed by atoms with Gasteiger partial charge in [0, 0.05) is 27.1 Å². The molecule has 0 fully saturated rings. The number of amides is 1. The van der Waals surface area contributed by atoms with Gasteiger partial charge in [0.05, 0.1) is 20.1 Å². The Morgan fingerprint density at radius 1 is 1.23 bits per heavy atom. The second-order valence-corrected chi connectivity index (χ2v) is 7.97. The van der Waals surface area contributed by atoms with Crippen molar-refractivity contribution in [1.29, 1.82) is 0 Å². The highest BCUT2D eigenvalue weighted by Crippen LogP contribution is 2.44. The number of rotatable bonds is 5. The molecule has 6 nitrogen and oxygen atoms in total. The average molecular weight is 451 g/mol. The first kappa shape index (κ1) is 21.0. The summed E-state index contributed by atoms with van der Waals surface area (Å²) in [5.74, 6) is -1.13. The maximum Gasteiger partial charge on any atom is 0.573 e. The molecule has 1 atom stereocenters. The van der Waals surface area contributed by atoms with E-state index in [0.717, 1.165) is 16.9 Å². The van der Waals surface area contributed by atoms with E-state index < -0.39 is 18.0 Å². The summed E-state index contributed by atoms with van der Waals surface area (Å²) in [7, 11) is 1.30. The summed E-state index contributed by atoms with van der Waals surface area (Å²) < 4.78 is 53.0. The van der Waals surface area contributed by atoms with Crippen molar-refractivity contribution < 1.29 is 37.0 Å². The number of carbonyl (C=O) groups excluding carboxylic acids is 2. The van der Waals surface area contributed by atoms with Gasteiger partial charge in [-0.05, 0) is 35.9 Å². The van der Waals surface area contributed by atoms with E-state index in [0.29, 0.717) is 33.6 Å². The van der Waals surface area contributed by atoms with Crippen molar-refractivity contribution in [1.82, 2.24) is 0 Å². The van der Waals surface area contributed by atoms with Crippen LogP contribution in [0.2, 0.25) is 0 Å². The van der Waals surface area contributed by atoms with E-state index in [4.69, 9.17) is 15.2 Å². The van der Waals surface area contributed by atoms with E-state index in [1.165, 1.54) is 25.3 Å². The molecule has 1 amide bonds. The molecule has 1 unspecified atom stereocenters. The highest BCUT2D eigenvalue weighted by Gasteiger charge is 2.32. The number of nitrogens with two attached hydrogens (primary N) is 1. The fraction of sp³-hybridized carbons (Fsp3) is 0.238. The minimum atomic E-state index is -4.84. The van der Waals surface area contributed by atoms with Crippen LogP contribution in [0.15, 0.2) is 36.4 Å². The summed E-state index contributed by atoms with van der Waals surface area (Å²) >= 11 is 1.09. The van der Waals surface area contributed by atoms with Crippen molar-refractivity contribution in [2.24, 2.45) is 5.73 Å². The maximum absolute atomic E-state index is 12.7. The van der Waals surface area contributed by atoms with Crippen LogP contribution in [0, 0.1) is 0 Å². The minimum Gasteiger partial charge on any atom is -0.493 e. The minimum absolute atomic E-state index is 0.115. The predicted molar refractivity (Wildman–Crippen MR) is 107 cm³/mol. The molecular formula is C21H16F3NO5S. The van der Waals surface area contributed by atoms with Gasteiger partial charge in [-0.3, -0.25) is 9.59 Å². The molecule has 0 aliphatic carbocycles. The Balaban J connectivity index is 1.84. The molecule has 1 aliphatic heterocycles. The second-order valence-electron chi connectivity index (χ2n) is 6.92. The van der Waals surface area contributed by atoms with Gasteiger partial charge in [-0.25, -0.2) is 0 Å². The maximum atomic E-state index is 12.7. The van der Waals surface area contributed by atoms with Gasteiger partial charge in [-0.2, -0.15) is 0 Å². The number of thiophene rings is 1. The van der Waals surface area contributed by atoms with Crippen LogP contribution >= 0.6 is 11.3 Å². The Morgan fingerprint density at radius 3 is 2.68 bits per heavy atom. The lowest BCUT2D eigenvalue weighted by Gasteiger charge is -2.11. The van der Waals surface area contributed by atoms with Crippen molar-refractivity contribution in [2.45, 2.75) is 18.7 Å². The summed E-state index contributed by atoms with van der Waals surface area (Å²) in [5, 5.41) is 0.406. The van der Waals surface area contributed by atoms with Gasteiger partial charge in [-0.1, -0.05) is 6.07 Å². The van der Waals surface area contributed by atoms with E-state index >= 15 is 0 Å². The van der Waals surface area contributed by atoms with Gasteiger partial charge < -0.3 is 19.9 Å². The van der Waals surface area contributed by atoms with Crippen LogP contribution in [0.3, 0.4) is 0 Å². The Morgan fingerprint density at radius 2 is 2.00 bits per heavy atom. The topological polar surface area (TPSA) is 87.9 Å². The van der Waals surface area contributed by atoms with Crippen LogP contribution < -0.4 is 15.2 Å². The number of halogens is 3. The number of alkyl halides is 3. The van der Waals surface area contributed by atoms with E-state index in [1.54, 1.807) is 18.2 Å². The standard InChI is InChI=1S/C21H16F3NO5S/c1-28-17(26)7-11-9-29-15-4-2-10(6-13(11)15)18-14-8-12(30-21(22,23)24)3-5-16(14)31-19(18)20(25)27/h2-6,8,11H,7,9H2,1H3,(H2,25,27). The van der Waals surface area contributed by atoms with Crippen LogP contribution in [-0.4, -0.2) is 32.0 Å². The van der Waals surface area contributed by atoms with Crippen molar-refractivity contribution in [3.05, 3.63) is 46.8 Å². The zero-order valence-corrected chi connectivity index (χ0v) is 16.9. The number of primary amides is 1. The molecule has 2 N–H and O–H groups in total. The van der Waals surface area contributed by atoms with Crippen molar-refractivity contribution in [3.8, 4) is 22.6 Å². The third kappa shape index (κ3) is 4.15. The molecule has 31 heavy (non-hydrogen) atoms. The zero-order valence-electron chi connectivity index (χ0n) is 16.1. The largest absolute Gasteiger partial charge is 0.573 e. The molecule has 2 heterocycles. The van der Waals surface area contributed by atoms with Crippen LogP contribution in [-0.2, 0) is 9.53 Å². The zero-order chi connectivity index (χ0) is 22.3. The molecule has 2 aromatic carbocycles. The van der Waals surface area contributed by atoms with E-state index in [-0.39, 0.29) is 23.2 Å². The van der Waals surface area contributed by atoms with Crippen LogP contribution in [0.1, 0.15) is 27.6 Å². The fourth-order valence-electron chi connectivity index (χ4n) is 3.62. The molecule has 0 saturated carbocycles. The molecular weight excluding hydrogens is 435 g/mol. The molecule has 3 aromatic rings. The van der Waals surface area contributed by atoms with Gasteiger partial charge >= 0.3 is 12.3 Å². The van der Waals surface area contributed by atoms with E-state index in [2.05, 4.69) is 4.74 Å². The van der Waals surface area contributed by atoms with Crippen LogP contribution in [0.25, 0.3) is 21.2 Å². The smallest absolute Gasteiger partial charge is 0.493 e. The van der Waals surface area contributed by atoms with Gasteiger partial charge in [-0.15, -0.1) is 24.5 Å². The van der Waals surface area contributed by atoms with E-state index in [9.17, 15) is 22.8 Å². The lowest BCUT2D eigenvalue weighted by atomic mass is 9.93. The average Bonchev–Trinajstić information content (AvgIpc) is 3.27. The Kier molecular flexibility index (Phi) is 5.26. The lowest BCUT2D eigenvalue weighted by molar-refractivity contribution is -0.274. The molecule has 4 rings (SSSR count). The predicted octanol–water partition coefficient (Wildman–Crippen LogP) is 4.60. The molecule has 1 aliphatic rings. The number of hydrogen-bond acceptors (Lipinski definition) is 6. The van der Waals surface area contributed by atoms with E-state index in [1.807, 2.05) is 0 Å². The number of fused-ring (bicyclic) bond motifs is 2. The number of methoxy groups -OCH3 is 1. The van der Waals surface area contributed by atoms with Gasteiger partial charge in [0.1, 0.15) is 16.4 Å². The highest BCUT2D eigenvalue weighted by atomic mass is 32.1. The molecule has 1 aromatic heterocycles. The molecule has 0 saturated heterocycles. The number of benzene rings is 2. The summed E-state index contributed by atoms with van der Waals surface area (Å²) in [6.45, 7) is 0.296. The monoisotopic (exact) mass is 451 g/mol. The molecule has 0 bridgehead atoms.